The Hall–Kier alpha value is -3.91. The number of ether oxygens (including phenoxy) is 4. The molecule has 0 aliphatic heterocycles. The third-order valence-electron chi connectivity index (χ3n) is 4.95. The molecule has 1 amide bonds. The zero-order chi connectivity index (χ0) is 26.1. The summed E-state index contributed by atoms with van der Waals surface area (Å²) in [5.41, 5.74) is 3.18. The number of benzene rings is 1. The van der Waals surface area contributed by atoms with E-state index in [1.54, 1.807) is 6.92 Å². The number of H-pyrrole nitrogens is 1. The average Bonchev–Trinajstić information content (AvgIpc) is 2.82. The van der Waals surface area contributed by atoms with E-state index in [2.05, 4.69) is 4.98 Å². The van der Waals surface area contributed by atoms with Crippen LogP contribution in [0.2, 0.25) is 0 Å². The fraction of sp³-hybridized carbons (Fsp3) is 0.476. The number of rotatable bonds is 13. The number of aromatic nitrogens is 2. The third kappa shape index (κ3) is 6.16. The van der Waals surface area contributed by atoms with Crippen molar-refractivity contribution >= 4 is 23.1 Å². The Morgan fingerprint density at radius 1 is 1.14 bits per heavy atom. The molecule has 0 atom stereocenters. The summed E-state index contributed by atoms with van der Waals surface area (Å²) in [5.74, 6) is -1.08. The normalized spacial score (nSPS) is 10.7. The van der Waals surface area contributed by atoms with Gasteiger partial charge in [-0.2, -0.15) is 0 Å². The number of aromatic amines is 1. The first-order valence-corrected chi connectivity index (χ1v) is 10.6. The lowest BCUT2D eigenvalue weighted by Gasteiger charge is -2.24. The first-order valence-electron chi connectivity index (χ1n) is 10.6. The van der Waals surface area contributed by atoms with E-state index in [-0.39, 0.29) is 61.5 Å². The van der Waals surface area contributed by atoms with Crippen LogP contribution < -0.4 is 31.4 Å². The van der Waals surface area contributed by atoms with Gasteiger partial charge in [-0.05, 0) is 6.42 Å². The molecule has 14 heteroatoms. The van der Waals surface area contributed by atoms with Gasteiger partial charge in [-0.1, -0.05) is 6.92 Å². The molecule has 35 heavy (non-hydrogen) atoms. The Morgan fingerprint density at radius 2 is 1.83 bits per heavy atom. The molecule has 14 nitrogen and oxygen atoms in total. The van der Waals surface area contributed by atoms with Gasteiger partial charge in [0.15, 0.2) is 17.2 Å². The van der Waals surface area contributed by atoms with E-state index in [4.69, 9.17) is 24.7 Å². The molecule has 2 aromatic rings. The SMILES string of the molecule is CCCn1c(N)c(N(CCOC)C(=O)c2cc(OC)c(OCCOC)cc2[N+](=O)[O-])c(=O)[nH]c1=O. The van der Waals surface area contributed by atoms with E-state index in [0.29, 0.717) is 6.42 Å². The zero-order valence-corrected chi connectivity index (χ0v) is 20.0. The van der Waals surface area contributed by atoms with E-state index in [1.165, 1.54) is 21.3 Å². The number of nitro benzene ring substituents is 1. The Kier molecular flexibility index (Phi) is 9.78. The second-order valence-electron chi connectivity index (χ2n) is 7.21. The summed E-state index contributed by atoms with van der Waals surface area (Å²) < 4.78 is 21.8. The molecule has 0 saturated carbocycles. The second-order valence-corrected chi connectivity index (χ2v) is 7.21. The van der Waals surface area contributed by atoms with Crippen LogP contribution in [0, 0.1) is 10.1 Å². The molecule has 3 N–H and O–H groups in total. The summed E-state index contributed by atoms with van der Waals surface area (Å²) in [4.78, 5) is 52.8. The quantitative estimate of drug-likeness (QED) is 0.229. The number of nitrogen functional groups attached to an aromatic ring is 1. The number of hydrogen-bond donors (Lipinski definition) is 2. The maximum absolute atomic E-state index is 13.6. The van der Waals surface area contributed by atoms with Gasteiger partial charge in [0.25, 0.3) is 17.2 Å². The van der Waals surface area contributed by atoms with Crippen molar-refractivity contribution in [1.82, 2.24) is 9.55 Å². The molecular formula is C21H29N5O9. The molecule has 0 spiro atoms. The van der Waals surface area contributed by atoms with E-state index >= 15 is 0 Å². The highest BCUT2D eigenvalue weighted by atomic mass is 16.6. The average molecular weight is 495 g/mol. The van der Waals surface area contributed by atoms with Gasteiger partial charge in [0.2, 0.25) is 0 Å². The minimum Gasteiger partial charge on any atom is -0.493 e. The summed E-state index contributed by atoms with van der Waals surface area (Å²) in [7, 11) is 4.16. The number of amides is 1. The topological polar surface area (TPSA) is 181 Å². The predicted octanol–water partition coefficient (Wildman–Crippen LogP) is 0.764. The fourth-order valence-electron chi connectivity index (χ4n) is 3.31. The van der Waals surface area contributed by atoms with Gasteiger partial charge >= 0.3 is 5.69 Å². The van der Waals surface area contributed by atoms with Crippen molar-refractivity contribution in [1.29, 1.82) is 0 Å². The maximum Gasteiger partial charge on any atom is 0.330 e. The first-order chi connectivity index (χ1) is 16.7. The van der Waals surface area contributed by atoms with E-state index in [1.807, 2.05) is 0 Å². The van der Waals surface area contributed by atoms with Gasteiger partial charge in [0, 0.05) is 33.4 Å². The smallest absolute Gasteiger partial charge is 0.330 e. The van der Waals surface area contributed by atoms with Crippen LogP contribution in [0.25, 0.3) is 0 Å². The fourth-order valence-corrected chi connectivity index (χ4v) is 3.31. The van der Waals surface area contributed by atoms with Crippen LogP contribution in [0.5, 0.6) is 11.5 Å². The summed E-state index contributed by atoms with van der Waals surface area (Å²) in [5, 5.41) is 11.9. The Balaban J connectivity index is 2.71. The summed E-state index contributed by atoms with van der Waals surface area (Å²) in [6, 6.07) is 2.21. The van der Waals surface area contributed by atoms with Crippen LogP contribution in [-0.4, -0.2) is 68.1 Å². The van der Waals surface area contributed by atoms with Gasteiger partial charge in [-0.15, -0.1) is 0 Å². The van der Waals surface area contributed by atoms with Crippen LogP contribution >= 0.6 is 0 Å². The number of nitro groups is 1. The van der Waals surface area contributed by atoms with E-state index in [0.717, 1.165) is 21.6 Å². The van der Waals surface area contributed by atoms with Crippen LogP contribution in [0.4, 0.5) is 17.2 Å². The molecule has 1 heterocycles. The molecule has 0 unspecified atom stereocenters. The van der Waals surface area contributed by atoms with Crippen molar-refractivity contribution in [2.45, 2.75) is 19.9 Å². The van der Waals surface area contributed by atoms with Crippen molar-refractivity contribution in [2.24, 2.45) is 0 Å². The number of carbonyl (C=O) groups excluding carboxylic acids is 1. The second kappa shape index (κ2) is 12.5. The minimum atomic E-state index is -0.922. The summed E-state index contributed by atoms with van der Waals surface area (Å²) in [6.45, 7) is 2.08. The molecule has 0 radical (unpaired) electrons. The Morgan fingerprint density at radius 3 is 2.40 bits per heavy atom. The molecule has 0 aliphatic carbocycles. The molecule has 0 bridgehead atoms. The lowest BCUT2D eigenvalue weighted by atomic mass is 10.1. The van der Waals surface area contributed by atoms with Crippen LogP contribution in [0.3, 0.4) is 0 Å². The number of anilines is 2. The standard InChI is InChI=1S/C21H29N5O9/c1-5-6-25-18(22)17(19(27)23-21(25)29)24(7-8-32-2)20(28)13-11-15(34-4)16(35-10-9-33-3)12-14(13)26(30)31/h11-12H,5-10,22H2,1-4H3,(H,23,27,29). The molecule has 0 aliphatic rings. The molecule has 1 aromatic heterocycles. The molecule has 1 aromatic carbocycles. The molecule has 192 valence electrons. The van der Waals surface area contributed by atoms with Gasteiger partial charge in [0.05, 0.1) is 31.3 Å². The van der Waals surface area contributed by atoms with Gasteiger partial charge < -0.3 is 24.7 Å². The number of nitrogens with two attached hydrogens (primary N) is 1. The van der Waals surface area contributed by atoms with Crippen molar-refractivity contribution < 1.29 is 28.7 Å². The molecule has 0 fully saturated rings. The number of nitrogens with zero attached hydrogens (tertiary/aromatic N) is 3. The monoisotopic (exact) mass is 495 g/mol. The molecule has 0 saturated heterocycles. The Labute approximate surface area is 200 Å². The molecule has 2 rings (SSSR count). The summed E-state index contributed by atoms with van der Waals surface area (Å²) >= 11 is 0. The lowest BCUT2D eigenvalue weighted by molar-refractivity contribution is -0.385. The largest absolute Gasteiger partial charge is 0.493 e. The van der Waals surface area contributed by atoms with Gasteiger partial charge in [-0.3, -0.25) is 34.2 Å². The Bertz CT molecular complexity index is 1170. The zero-order valence-electron chi connectivity index (χ0n) is 20.0. The van der Waals surface area contributed by atoms with Crippen molar-refractivity contribution in [3.63, 3.8) is 0 Å². The molecular weight excluding hydrogens is 466 g/mol. The predicted molar refractivity (Wildman–Crippen MR) is 127 cm³/mol. The maximum atomic E-state index is 13.6. The highest BCUT2D eigenvalue weighted by molar-refractivity contribution is 6.10. The van der Waals surface area contributed by atoms with Gasteiger partial charge in [0.1, 0.15) is 18.0 Å². The lowest BCUT2D eigenvalue weighted by Crippen LogP contribution is -2.42. The van der Waals surface area contributed by atoms with Gasteiger partial charge in [-0.25, -0.2) is 4.79 Å². The summed E-state index contributed by atoms with van der Waals surface area (Å²) in [6.07, 6.45) is 0.523. The van der Waals surface area contributed by atoms with E-state index in [9.17, 15) is 24.5 Å². The number of carbonyl (C=O) groups is 1. The minimum absolute atomic E-state index is 0.0271. The highest BCUT2D eigenvalue weighted by Gasteiger charge is 2.31. The van der Waals surface area contributed by atoms with Crippen molar-refractivity contribution in [3.8, 4) is 11.5 Å². The first kappa shape index (κ1) is 27.3. The van der Waals surface area contributed by atoms with E-state index < -0.39 is 27.8 Å². The third-order valence-corrected chi connectivity index (χ3v) is 4.95. The van der Waals surface area contributed by atoms with Crippen LogP contribution in [0.15, 0.2) is 21.7 Å². The highest BCUT2D eigenvalue weighted by Crippen LogP contribution is 2.36. The number of nitrogens with one attached hydrogen (secondary N) is 1. The number of methoxy groups -OCH3 is 3. The van der Waals surface area contributed by atoms with Crippen LogP contribution in [-0.2, 0) is 16.0 Å². The van der Waals surface area contributed by atoms with Crippen LogP contribution in [0.1, 0.15) is 23.7 Å². The van der Waals surface area contributed by atoms with Crippen molar-refractivity contribution in [3.05, 3.63) is 48.6 Å². The number of hydrogen-bond acceptors (Lipinski definition) is 10. The van der Waals surface area contributed by atoms with Crippen molar-refractivity contribution in [2.75, 3.05) is 58.3 Å².